The summed E-state index contributed by atoms with van der Waals surface area (Å²) in [5.41, 5.74) is 1.83. The Hall–Kier alpha value is -3.60. The van der Waals surface area contributed by atoms with Crippen molar-refractivity contribution in [1.82, 2.24) is 0 Å². The maximum Gasteiger partial charge on any atom is 0.306 e. The Bertz CT molecular complexity index is 1270. The molecule has 0 radical (unpaired) electrons. The minimum Gasteiger partial charge on any atom is -0.504 e. The van der Waals surface area contributed by atoms with Crippen LogP contribution in [0.4, 0.5) is 0 Å². The molecule has 4 rings (SSSR count). The van der Waals surface area contributed by atoms with Crippen LogP contribution in [0.2, 0.25) is 0 Å². The van der Waals surface area contributed by atoms with Crippen molar-refractivity contribution >= 4 is 12.3 Å². The monoisotopic (exact) mass is 556 g/mol. The van der Waals surface area contributed by atoms with Gasteiger partial charge in [-0.25, -0.2) is 0 Å². The third-order valence-electron chi connectivity index (χ3n) is 8.04. The lowest BCUT2D eigenvalue weighted by Crippen LogP contribution is -2.51. The molecule has 0 unspecified atom stereocenters. The van der Waals surface area contributed by atoms with Gasteiger partial charge < -0.3 is 39.0 Å². The third kappa shape index (κ3) is 5.52. The number of phenols is 2. The third-order valence-corrected chi connectivity index (χ3v) is 8.04. The first-order valence-electron chi connectivity index (χ1n) is 13.1. The number of aldehydes is 1. The van der Waals surface area contributed by atoms with Gasteiger partial charge in [0.25, 0.3) is 0 Å². The molecule has 1 fully saturated rings. The number of hydrogen-bond acceptors (Lipinski definition) is 10. The first-order valence-corrected chi connectivity index (χ1v) is 13.1. The molecule has 0 saturated carbocycles. The molecule has 216 valence electrons. The fraction of sp³-hybridized carbons (Fsp3) is 0.467. The molecule has 1 spiro atoms. The van der Waals surface area contributed by atoms with Gasteiger partial charge in [0, 0.05) is 37.2 Å². The molecule has 2 aliphatic rings. The normalized spacial score (nSPS) is 24.8. The van der Waals surface area contributed by atoms with Gasteiger partial charge in [-0.1, -0.05) is 12.1 Å². The molecule has 40 heavy (non-hydrogen) atoms. The Kier molecular flexibility index (Phi) is 9.02. The lowest BCUT2D eigenvalue weighted by molar-refractivity contribution is -0.144. The zero-order valence-electron chi connectivity index (χ0n) is 23.1. The first-order chi connectivity index (χ1) is 19.2. The number of aliphatic hydroxyl groups excluding tert-OH is 1. The van der Waals surface area contributed by atoms with E-state index in [0.717, 1.165) is 23.0 Å². The quantitative estimate of drug-likeness (QED) is 0.227. The highest BCUT2D eigenvalue weighted by atomic mass is 16.7. The van der Waals surface area contributed by atoms with Crippen molar-refractivity contribution in [3.63, 3.8) is 0 Å². The van der Waals surface area contributed by atoms with E-state index in [1.807, 2.05) is 0 Å². The molecule has 0 aromatic heterocycles. The molecule has 2 aromatic carbocycles. The van der Waals surface area contributed by atoms with Gasteiger partial charge in [-0.15, -0.1) is 0 Å². The smallest absolute Gasteiger partial charge is 0.306 e. The molecule has 10 nitrogen and oxygen atoms in total. The lowest BCUT2D eigenvalue weighted by atomic mass is 9.64. The van der Waals surface area contributed by atoms with E-state index in [-0.39, 0.29) is 43.3 Å². The lowest BCUT2D eigenvalue weighted by Gasteiger charge is -2.45. The number of allylic oxidation sites excluding steroid dienone is 2. The van der Waals surface area contributed by atoms with Crippen LogP contribution in [0, 0.1) is 11.8 Å². The van der Waals surface area contributed by atoms with Crippen LogP contribution in [-0.2, 0) is 30.2 Å². The number of hydrogen-bond donors (Lipinski definition) is 3. The van der Waals surface area contributed by atoms with E-state index in [4.69, 9.17) is 23.7 Å². The molecule has 2 aromatic rings. The van der Waals surface area contributed by atoms with Gasteiger partial charge in [0.1, 0.15) is 11.9 Å². The zero-order valence-corrected chi connectivity index (χ0v) is 23.1. The molecule has 1 aliphatic heterocycles. The number of benzene rings is 2. The Balaban J connectivity index is 1.75. The number of aromatic hydroxyl groups is 2. The minimum atomic E-state index is -0.975. The van der Waals surface area contributed by atoms with Crippen LogP contribution in [0.5, 0.6) is 23.0 Å². The van der Waals surface area contributed by atoms with Crippen molar-refractivity contribution in [2.45, 2.75) is 44.0 Å². The van der Waals surface area contributed by atoms with Gasteiger partial charge in [0.15, 0.2) is 29.3 Å². The number of methoxy groups -OCH3 is 3. The Morgan fingerprint density at radius 2 is 1.85 bits per heavy atom. The standard InChI is InChI=1S/C30H36O10/c1-5-17(14-31)19(10-27(35)38-4)11-28-39-16-30(40-28)13-20-9-26(37-3)24(34)12-21(20)29(22(30)15-32)18-6-7-23(33)25(8-18)36-2/h5-9,12,14,19,22,28-29,32-34H,10-11,13,15-16H2,1-4H3/t19-,22-,28+,29-,30-/m0/s1. The SMILES string of the molecule is CC=C(C=O)[C@@H](CC(=O)OC)C[C@@H]1OC[C@]2(Cc3cc(OC)c(O)cc3[C@H](c3ccc(O)c(OC)c3)[C@@H]2CO)O1. The maximum atomic E-state index is 12.1. The number of fused-ring (bicyclic) bond motifs is 1. The summed E-state index contributed by atoms with van der Waals surface area (Å²) in [7, 11) is 4.22. The van der Waals surface area contributed by atoms with Gasteiger partial charge in [-0.05, 0) is 53.5 Å². The predicted octanol–water partition coefficient (Wildman–Crippen LogP) is 3.24. The van der Waals surface area contributed by atoms with Crippen molar-refractivity contribution in [3.05, 3.63) is 58.7 Å². The van der Waals surface area contributed by atoms with Crippen LogP contribution in [0.25, 0.3) is 0 Å². The van der Waals surface area contributed by atoms with Gasteiger partial charge in [0.2, 0.25) is 0 Å². The van der Waals surface area contributed by atoms with E-state index in [1.54, 1.807) is 37.3 Å². The van der Waals surface area contributed by atoms with Crippen molar-refractivity contribution in [2.24, 2.45) is 11.8 Å². The topological polar surface area (TPSA) is 141 Å². The Morgan fingerprint density at radius 1 is 1.12 bits per heavy atom. The van der Waals surface area contributed by atoms with Crippen molar-refractivity contribution < 1.29 is 48.6 Å². The summed E-state index contributed by atoms with van der Waals surface area (Å²) in [6, 6.07) is 8.37. The van der Waals surface area contributed by atoms with E-state index in [1.165, 1.54) is 27.4 Å². The highest BCUT2D eigenvalue weighted by Crippen LogP contribution is 2.52. The number of phenolic OH excluding ortho intramolecular Hbond substituents is 2. The van der Waals surface area contributed by atoms with E-state index >= 15 is 0 Å². The fourth-order valence-electron chi connectivity index (χ4n) is 6.00. The van der Waals surface area contributed by atoms with Gasteiger partial charge in [-0.3, -0.25) is 9.59 Å². The number of esters is 1. The molecule has 0 bridgehead atoms. The summed E-state index contributed by atoms with van der Waals surface area (Å²) in [4.78, 5) is 23.8. The average Bonchev–Trinajstić information content (AvgIpc) is 3.35. The summed E-state index contributed by atoms with van der Waals surface area (Å²) in [5.74, 6) is -1.40. The number of rotatable bonds is 10. The minimum absolute atomic E-state index is 0.0101. The summed E-state index contributed by atoms with van der Waals surface area (Å²) in [5, 5.41) is 31.6. The van der Waals surface area contributed by atoms with E-state index in [9.17, 15) is 24.9 Å². The number of carbonyl (C=O) groups excluding carboxylic acids is 2. The van der Waals surface area contributed by atoms with E-state index in [0.29, 0.717) is 17.7 Å². The van der Waals surface area contributed by atoms with Crippen LogP contribution in [0.1, 0.15) is 42.4 Å². The molecule has 1 aliphatic carbocycles. The molecular weight excluding hydrogens is 520 g/mol. The first kappa shape index (κ1) is 29.4. The second-order valence-electron chi connectivity index (χ2n) is 10.1. The van der Waals surface area contributed by atoms with E-state index in [2.05, 4.69) is 0 Å². The second kappa shape index (κ2) is 12.3. The molecule has 0 amide bonds. The van der Waals surface area contributed by atoms with Gasteiger partial charge in [0.05, 0.1) is 34.4 Å². The highest BCUT2D eigenvalue weighted by molar-refractivity contribution is 5.77. The molecule has 1 saturated heterocycles. The van der Waals surface area contributed by atoms with E-state index < -0.39 is 35.6 Å². The average molecular weight is 557 g/mol. The molecule has 5 atom stereocenters. The van der Waals surface area contributed by atoms with Crippen LogP contribution in [-0.4, -0.2) is 74.0 Å². The van der Waals surface area contributed by atoms with Crippen molar-refractivity contribution in [3.8, 4) is 23.0 Å². The molecular formula is C30H36O10. The van der Waals surface area contributed by atoms with Crippen LogP contribution >= 0.6 is 0 Å². The second-order valence-corrected chi connectivity index (χ2v) is 10.1. The summed E-state index contributed by atoms with van der Waals surface area (Å²) in [6.07, 6.45) is 2.21. The summed E-state index contributed by atoms with van der Waals surface area (Å²) >= 11 is 0. The van der Waals surface area contributed by atoms with Crippen LogP contribution in [0.3, 0.4) is 0 Å². The van der Waals surface area contributed by atoms with Gasteiger partial charge >= 0.3 is 5.97 Å². The summed E-state index contributed by atoms with van der Waals surface area (Å²) < 4.78 is 28.3. The molecule has 1 heterocycles. The van der Waals surface area contributed by atoms with Crippen LogP contribution < -0.4 is 9.47 Å². The van der Waals surface area contributed by atoms with Crippen molar-refractivity contribution in [2.75, 3.05) is 34.5 Å². The van der Waals surface area contributed by atoms with Gasteiger partial charge in [-0.2, -0.15) is 0 Å². The largest absolute Gasteiger partial charge is 0.504 e. The Labute approximate surface area is 233 Å². The number of ether oxygens (including phenoxy) is 5. The molecule has 3 N–H and O–H groups in total. The highest BCUT2D eigenvalue weighted by Gasteiger charge is 2.54. The maximum absolute atomic E-state index is 12.1. The number of carbonyl (C=O) groups is 2. The Morgan fingerprint density at radius 3 is 2.48 bits per heavy atom. The fourth-order valence-corrected chi connectivity index (χ4v) is 6.00. The predicted molar refractivity (Wildman–Crippen MR) is 144 cm³/mol. The van der Waals surface area contributed by atoms with Crippen molar-refractivity contribution in [1.29, 1.82) is 0 Å². The van der Waals surface area contributed by atoms with Crippen LogP contribution in [0.15, 0.2) is 42.0 Å². The number of aliphatic hydroxyl groups is 1. The molecule has 10 heteroatoms. The summed E-state index contributed by atoms with van der Waals surface area (Å²) in [6.45, 7) is 1.61. The zero-order chi connectivity index (χ0) is 29.0.